The van der Waals surface area contributed by atoms with E-state index in [0.29, 0.717) is 19.3 Å². The highest BCUT2D eigenvalue weighted by Gasteiger charge is 2.45. The van der Waals surface area contributed by atoms with Gasteiger partial charge in [0.1, 0.15) is 48.6 Å². The summed E-state index contributed by atoms with van der Waals surface area (Å²) in [5.41, 5.74) is -1.61. The van der Waals surface area contributed by atoms with Gasteiger partial charge in [0.15, 0.2) is 18.9 Å². The molecule has 3 saturated heterocycles. The van der Waals surface area contributed by atoms with E-state index in [-0.39, 0.29) is 118 Å². The molecule has 0 aromatic heterocycles. The second-order valence-electron chi connectivity index (χ2n) is 22.6. The van der Waals surface area contributed by atoms with Gasteiger partial charge in [0.2, 0.25) is 29.5 Å². The zero-order valence-electron chi connectivity index (χ0n) is 49.8. The largest absolute Gasteiger partial charge is 0.394 e. The summed E-state index contributed by atoms with van der Waals surface area (Å²) >= 11 is 0. The Kier molecular flexibility index (Phi) is 34.9. The highest BCUT2D eigenvalue weighted by Crippen LogP contribution is 2.54. The van der Waals surface area contributed by atoms with Gasteiger partial charge in [-0.2, -0.15) is 0 Å². The van der Waals surface area contributed by atoms with Gasteiger partial charge in [0, 0.05) is 63.2 Å². The Morgan fingerprint density at radius 1 is 0.459 bits per heavy atom. The monoisotopic (exact) mass is 1250 g/mol. The Bertz CT molecular complexity index is 1850. The Hall–Kier alpha value is -3.22. The lowest BCUT2D eigenvalue weighted by Crippen LogP contribution is -2.59. The van der Waals surface area contributed by atoms with E-state index in [1.807, 2.05) is 0 Å². The standard InChI is InChI=1S/C53H98N5O26P/c1-32-43(67)46(70)35(26-59)82-49(32)78-18-7-14-54-38(62)11-22-75-29-53(58-42(66)25-41(65)57-17-10-21-81-85(73,74)52(4,5)6,30-76-23-12-39(63)55-15-8-19-79-50-33(2)44(68)47(71)36(27-60)83-50)31-77-24-13-40(64)56-16-9-20-80-51-34(3)45(69)48(72)37(28-61)84-51/h32-37,43-51,59-61,67-72H,7-31H2,1-6H3,(H,54,62)(H,55,63)(H,56,64)(H,57,65)(H,58,66)(H,73,74)/t32?,33?,34?,35?,36?,37?,43-,44-,45-,46+,47+,48+,49-,50-,51-,53?/m1/s1. The highest BCUT2D eigenvalue weighted by atomic mass is 31.2. The van der Waals surface area contributed by atoms with Crippen molar-refractivity contribution in [3.63, 3.8) is 0 Å². The van der Waals surface area contributed by atoms with Crippen molar-refractivity contribution < 1.29 is 127 Å². The van der Waals surface area contributed by atoms with E-state index in [0.717, 1.165) is 0 Å². The maximum atomic E-state index is 13.7. The van der Waals surface area contributed by atoms with Crippen molar-refractivity contribution in [2.24, 2.45) is 17.8 Å². The fourth-order valence-corrected chi connectivity index (χ4v) is 9.52. The smallest absolute Gasteiger partial charge is 0.333 e. The van der Waals surface area contributed by atoms with Gasteiger partial charge in [-0.3, -0.25) is 28.5 Å². The molecule has 31 nitrogen and oxygen atoms in total. The summed E-state index contributed by atoms with van der Waals surface area (Å²) in [6.45, 7) is 6.87. The van der Waals surface area contributed by atoms with Crippen LogP contribution in [-0.2, 0) is 75.7 Å². The molecule has 0 aliphatic carbocycles. The molecule has 85 heavy (non-hydrogen) atoms. The van der Waals surface area contributed by atoms with Crippen LogP contribution in [0.5, 0.6) is 0 Å². The van der Waals surface area contributed by atoms with E-state index in [1.165, 1.54) is 0 Å². The first-order chi connectivity index (χ1) is 40.2. The number of aliphatic hydroxyl groups is 9. The van der Waals surface area contributed by atoms with Crippen molar-refractivity contribution in [3.05, 3.63) is 0 Å². The third-order valence-corrected chi connectivity index (χ3v) is 16.6. The van der Waals surface area contributed by atoms with Crippen LogP contribution in [0.25, 0.3) is 0 Å². The molecular weight excluding hydrogens is 1150 g/mol. The average Bonchev–Trinajstić information content (AvgIpc) is 3.29. The van der Waals surface area contributed by atoms with E-state index in [4.69, 9.17) is 47.2 Å². The molecule has 16 atom stereocenters. The van der Waals surface area contributed by atoms with E-state index < -0.39 is 166 Å². The summed E-state index contributed by atoms with van der Waals surface area (Å²) in [6, 6.07) is 0. The number of amides is 5. The van der Waals surface area contributed by atoms with Crippen molar-refractivity contribution in [3.8, 4) is 0 Å². The predicted octanol–water partition coefficient (Wildman–Crippen LogP) is -4.25. The van der Waals surface area contributed by atoms with Crippen LogP contribution in [0, 0.1) is 17.8 Å². The molecular formula is C53H98N5O26P. The van der Waals surface area contributed by atoms with Crippen LogP contribution in [0.1, 0.15) is 92.9 Å². The first-order valence-corrected chi connectivity index (χ1v) is 30.6. The van der Waals surface area contributed by atoms with Crippen molar-refractivity contribution in [1.82, 2.24) is 26.6 Å². The summed E-state index contributed by atoms with van der Waals surface area (Å²) < 4.78 is 69.3. The number of aliphatic hydroxyl groups excluding tert-OH is 9. The Morgan fingerprint density at radius 3 is 1.07 bits per heavy atom. The second kappa shape index (κ2) is 39.0. The van der Waals surface area contributed by atoms with Crippen molar-refractivity contribution in [2.45, 2.75) is 177 Å². The summed E-state index contributed by atoms with van der Waals surface area (Å²) in [5, 5.41) is 102. The number of hydrogen-bond acceptors (Lipinski definition) is 25. The van der Waals surface area contributed by atoms with Crippen LogP contribution in [0.4, 0.5) is 0 Å². The molecule has 7 unspecified atom stereocenters. The molecule has 496 valence electrons. The van der Waals surface area contributed by atoms with E-state index in [1.54, 1.807) is 41.5 Å². The molecule has 0 aromatic carbocycles. The minimum Gasteiger partial charge on any atom is -0.394 e. The quantitative estimate of drug-likeness (QED) is 0.0157. The van der Waals surface area contributed by atoms with Gasteiger partial charge < -0.3 is 125 Å². The summed E-state index contributed by atoms with van der Waals surface area (Å²) in [7, 11) is -3.96. The van der Waals surface area contributed by atoms with Gasteiger partial charge in [-0.25, -0.2) is 0 Å². The van der Waals surface area contributed by atoms with Crippen LogP contribution >= 0.6 is 7.60 Å². The van der Waals surface area contributed by atoms with Gasteiger partial charge in [-0.05, 0) is 46.5 Å². The number of rotatable bonds is 41. The summed E-state index contributed by atoms with van der Waals surface area (Å²) in [5.74, 6) is -4.60. The lowest BCUT2D eigenvalue weighted by molar-refractivity contribution is -0.282. The van der Waals surface area contributed by atoms with Gasteiger partial charge >= 0.3 is 7.60 Å². The van der Waals surface area contributed by atoms with E-state index in [9.17, 15) is 79.4 Å². The van der Waals surface area contributed by atoms with Crippen LogP contribution in [-0.4, -0.2) is 277 Å². The van der Waals surface area contributed by atoms with E-state index in [2.05, 4.69) is 26.6 Å². The number of hydrogen-bond donors (Lipinski definition) is 15. The molecule has 0 bridgehead atoms. The first-order valence-electron chi connectivity index (χ1n) is 29.0. The van der Waals surface area contributed by atoms with Crippen molar-refractivity contribution >= 4 is 37.1 Å². The second-order valence-corrected chi connectivity index (χ2v) is 25.2. The van der Waals surface area contributed by atoms with Crippen LogP contribution in [0.15, 0.2) is 0 Å². The minimum atomic E-state index is -3.96. The molecule has 0 aromatic rings. The summed E-state index contributed by atoms with van der Waals surface area (Å²) in [6.07, 6.45) is -13.3. The van der Waals surface area contributed by atoms with E-state index >= 15 is 0 Å². The molecule has 3 heterocycles. The molecule has 0 radical (unpaired) electrons. The van der Waals surface area contributed by atoms with Crippen molar-refractivity contribution in [1.29, 1.82) is 0 Å². The third-order valence-electron chi connectivity index (χ3n) is 14.4. The molecule has 3 aliphatic rings. The number of nitrogens with one attached hydrogen (secondary N) is 5. The molecule has 32 heteroatoms. The lowest BCUT2D eigenvalue weighted by Gasteiger charge is -2.40. The molecule has 0 spiro atoms. The molecule has 0 saturated carbocycles. The van der Waals surface area contributed by atoms with Gasteiger partial charge in [-0.15, -0.1) is 0 Å². The Labute approximate surface area is 496 Å². The van der Waals surface area contributed by atoms with Crippen LogP contribution in [0.3, 0.4) is 0 Å². The molecule has 15 N–H and O–H groups in total. The maximum absolute atomic E-state index is 13.7. The molecule has 3 fully saturated rings. The minimum absolute atomic E-state index is 0.00695. The molecule has 3 aliphatic heterocycles. The topological polar surface area (TPSA) is 457 Å². The highest BCUT2D eigenvalue weighted by molar-refractivity contribution is 7.54. The normalized spacial score (nSPS) is 29.5. The number of carbonyl (C=O) groups excluding carboxylic acids is 5. The predicted molar refractivity (Wildman–Crippen MR) is 296 cm³/mol. The molecule has 5 amide bonds. The van der Waals surface area contributed by atoms with Gasteiger partial charge in [0.25, 0.3) is 0 Å². The zero-order valence-corrected chi connectivity index (χ0v) is 50.7. The Morgan fingerprint density at radius 2 is 0.765 bits per heavy atom. The Balaban J connectivity index is 1.64. The van der Waals surface area contributed by atoms with Crippen LogP contribution in [0.2, 0.25) is 0 Å². The zero-order chi connectivity index (χ0) is 63.3. The summed E-state index contributed by atoms with van der Waals surface area (Å²) in [4.78, 5) is 75.6. The first kappa shape index (κ1) is 76.0. The molecule has 3 rings (SSSR count). The third kappa shape index (κ3) is 26.4. The fraction of sp³-hybridized carbons (Fsp3) is 0.906. The maximum Gasteiger partial charge on any atom is 0.333 e. The SMILES string of the molecule is CC1[C@H](OCCCNC(=O)CCOCC(COCCC(=O)NCCCO[C@@H]2OC(CO)[C@H](O)[C@H](O)C2C)(COCCC(=O)NCCCO[C@@H]2OC(CO)[C@H](O)[C@H](O)C2C)NC(=O)CC(=O)NCCCOP(=O)(O)C(C)(C)C)OC(CO)[C@H](O)[C@@H]1O. The lowest BCUT2D eigenvalue weighted by atomic mass is 9.92. The van der Waals surface area contributed by atoms with Crippen molar-refractivity contribution in [2.75, 3.05) is 112 Å². The number of ether oxygens (including phenoxy) is 9. The average molecular weight is 1250 g/mol. The van der Waals surface area contributed by atoms with Gasteiger partial charge in [-0.1, -0.05) is 20.8 Å². The van der Waals surface area contributed by atoms with Gasteiger partial charge in [0.05, 0.1) is 109 Å². The van der Waals surface area contributed by atoms with Crippen LogP contribution < -0.4 is 26.6 Å². The number of carbonyl (C=O) groups is 5. The fourth-order valence-electron chi connectivity index (χ4n) is 8.76.